The molecule has 1 aliphatic rings. The predicted molar refractivity (Wildman–Crippen MR) is 118 cm³/mol. The number of hydrogen-bond donors (Lipinski definition) is 1. The third-order valence-electron chi connectivity index (χ3n) is 4.71. The summed E-state index contributed by atoms with van der Waals surface area (Å²) in [6, 6.07) is 9.22. The Hall–Kier alpha value is -3.99. The first-order valence-electron chi connectivity index (χ1n) is 9.75. The molecular weight excluding hydrogens is 434 g/mol. The second-order valence-corrected chi connectivity index (χ2v) is 7.31. The van der Waals surface area contributed by atoms with Crippen molar-refractivity contribution in [1.29, 1.82) is 0 Å². The molecule has 0 spiro atoms. The summed E-state index contributed by atoms with van der Waals surface area (Å²) in [6.07, 6.45) is 5.17. The second kappa shape index (κ2) is 9.02. The molecule has 3 heterocycles. The van der Waals surface area contributed by atoms with Crippen molar-refractivity contribution in [2.75, 3.05) is 0 Å². The maximum Gasteiger partial charge on any atom is 0.276 e. The Kier molecular flexibility index (Phi) is 5.99. The zero-order chi connectivity index (χ0) is 22.7. The van der Waals surface area contributed by atoms with E-state index in [4.69, 9.17) is 21.4 Å². The molecule has 32 heavy (non-hydrogen) atoms. The van der Waals surface area contributed by atoms with Gasteiger partial charge in [0.15, 0.2) is 5.11 Å². The van der Waals surface area contributed by atoms with Crippen LogP contribution in [0.15, 0.2) is 58.9 Å². The van der Waals surface area contributed by atoms with E-state index in [-0.39, 0.29) is 18.2 Å². The van der Waals surface area contributed by atoms with Gasteiger partial charge in [0.25, 0.3) is 11.6 Å². The Morgan fingerprint density at radius 1 is 1.28 bits per heavy atom. The lowest BCUT2D eigenvalue weighted by Crippen LogP contribution is -2.29. The van der Waals surface area contributed by atoms with E-state index in [0.717, 1.165) is 12.1 Å². The highest BCUT2D eigenvalue weighted by Crippen LogP contribution is 2.21. The summed E-state index contributed by atoms with van der Waals surface area (Å²) < 4.78 is 13.1. The number of thiocarbonyl (C=S) groups is 1. The van der Waals surface area contributed by atoms with Gasteiger partial charge in [-0.05, 0) is 43.4 Å². The van der Waals surface area contributed by atoms with Crippen LogP contribution in [0.3, 0.4) is 0 Å². The Bertz CT molecular complexity index is 1200. The van der Waals surface area contributed by atoms with Crippen molar-refractivity contribution in [1.82, 2.24) is 20.0 Å². The lowest BCUT2D eigenvalue weighted by atomic mass is 10.3. The number of nitrogens with one attached hydrogen (secondary N) is 1. The van der Waals surface area contributed by atoms with Crippen molar-refractivity contribution in [3.63, 3.8) is 0 Å². The molecule has 1 aliphatic heterocycles. The summed E-state index contributed by atoms with van der Waals surface area (Å²) in [7, 11) is 0. The second-order valence-electron chi connectivity index (χ2n) is 6.93. The number of carbonyl (C=O) groups excluding carboxylic acids is 1. The minimum absolute atomic E-state index is 0.0101. The van der Waals surface area contributed by atoms with Gasteiger partial charge < -0.3 is 14.5 Å². The lowest BCUT2D eigenvalue weighted by Gasteiger charge is -2.12. The average Bonchev–Trinajstić information content (AvgIpc) is 3.49. The van der Waals surface area contributed by atoms with E-state index in [1.54, 1.807) is 29.1 Å². The first kappa shape index (κ1) is 21.2. The third-order valence-corrected chi connectivity index (χ3v) is 5.03. The number of nitro benzene ring substituents is 1. The predicted octanol–water partition coefficient (Wildman–Crippen LogP) is 3.24. The molecular formula is C21H19N5O5S. The summed E-state index contributed by atoms with van der Waals surface area (Å²) in [6.45, 7) is 3.19. The normalized spacial score (nSPS) is 14.8. The molecule has 0 saturated carbocycles. The highest BCUT2D eigenvalue weighted by molar-refractivity contribution is 7.80. The molecule has 0 aliphatic carbocycles. The minimum Gasteiger partial charge on any atom is -0.486 e. The highest BCUT2D eigenvalue weighted by atomic mass is 32.1. The summed E-state index contributed by atoms with van der Waals surface area (Å²) in [4.78, 5) is 24.5. The van der Waals surface area contributed by atoms with Crippen molar-refractivity contribution in [2.45, 2.75) is 26.6 Å². The number of hydrogen-bond acceptors (Lipinski definition) is 7. The standard InChI is InChI=1S/C21H19N5O5S/c1-2-24-11-14(10-22-24)12-25-20(27)19(23-21(25)32)9-17-7-8-18(31-17)13-30-16-5-3-15(4-6-16)26(28)29/h3-11H,2,12-13H2,1H3,(H,23,32)/b19-9+. The maximum atomic E-state index is 12.8. The summed E-state index contributed by atoms with van der Waals surface area (Å²) in [5.41, 5.74) is 1.19. The van der Waals surface area contributed by atoms with Crippen molar-refractivity contribution in [2.24, 2.45) is 0 Å². The Labute approximate surface area is 188 Å². The third kappa shape index (κ3) is 4.67. The number of non-ortho nitro benzene ring substituents is 1. The van der Waals surface area contributed by atoms with Crippen LogP contribution in [-0.2, 0) is 24.5 Å². The topological polar surface area (TPSA) is 116 Å². The van der Waals surface area contributed by atoms with Gasteiger partial charge >= 0.3 is 0 Å². The molecule has 4 rings (SSSR count). The van der Waals surface area contributed by atoms with Gasteiger partial charge in [-0.2, -0.15) is 5.10 Å². The van der Waals surface area contributed by atoms with Gasteiger partial charge in [0.1, 0.15) is 29.6 Å². The van der Waals surface area contributed by atoms with Crippen LogP contribution < -0.4 is 10.1 Å². The molecule has 1 N–H and O–H groups in total. The summed E-state index contributed by atoms with van der Waals surface area (Å²) >= 11 is 5.30. The van der Waals surface area contributed by atoms with Crippen LogP contribution in [-0.4, -0.2) is 30.6 Å². The molecule has 0 bridgehead atoms. The summed E-state index contributed by atoms with van der Waals surface area (Å²) in [5.74, 6) is 1.23. The average molecular weight is 453 g/mol. The molecule has 3 aromatic rings. The van der Waals surface area contributed by atoms with Crippen LogP contribution in [0.5, 0.6) is 5.75 Å². The molecule has 1 saturated heterocycles. The molecule has 0 atom stereocenters. The number of amides is 1. The van der Waals surface area contributed by atoms with Crippen LogP contribution >= 0.6 is 12.2 Å². The number of nitrogens with zero attached hydrogens (tertiary/aromatic N) is 4. The zero-order valence-corrected chi connectivity index (χ0v) is 17.9. The zero-order valence-electron chi connectivity index (χ0n) is 17.1. The van der Waals surface area contributed by atoms with E-state index in [2.05, 4.69) is 10.4 Å². The van der Waals surface area contributed by atoms with Gasteiger partial charge in [-0.3, -0.25) is 24.5 Å². The Morgan fingerprint density at radius 2 is 2.06 bits per heavy atom. The summed E-state index contributed by atoms with van der Waals surface area (Å²) in [5, 5.41) is 18.2. The number of carbonyl (C=O) groups is 1. The number of furan rings is 1. The molecule has 2 aromatic heterocycles. The molecule has 1 fully saturated rings. The van der Waals surface area contributed by atoms with Gasteiger partial charge in [0, 0.05) is 36.5 Å². The first-order chi connectivity index (χ1) is 15.4. The smallest absolute Gasteiger partial charge is 0.276 e. The first-order valence-corrected chi connectivity index (χ1v) is 10.2. The highest BCUT2D eigenvalue weighted by Gasteiger charge is 2.31. The number of ether oxygens (including phenoxy) is 1. The molecule has 11 heteroatoms. The van der Waals surface area contributed by atoms with Crippen LogP contribution in [0.2, 0.25) is 0 Å². The van der Waals surface area contributed by atoms with E-state index < -0.39 is 4.92 Å². The van der Waals surface area contributed by atoms with Crippen LogP contribution in [0.25, 0.3) is 6.08 Å². The fourth-order valence-electron chi connectivity index (χ4n) is 3.07. The molecule has 1 aromatic carbocycles. The lowest BCUT2D eigenvalue weighted by molar-refractivity contribution is -0.384. The van der Waals surface area contributed by atoms with E-state index in [9.17, 15) is 14.9 Å². The number of rotatable bonds is 8. The van der Waals surface area contributed by atoms with Gasteiger partial charge in [0.2, 0.25) is 0 Å². The number of aryl methyl sites for hydroxylation is 1. The fourth-order valence-corrected chi connectivity index (χ4v) is 3.33. The molecule has 0 unspecified atom stereocenters. The number of benzene rings is 1. The van der Waals surface area contributed by atoms with Gasteiger partial charge in [-0.1, -0.05) is 0 Å². The van der Waals surface area contributed by atoms with Gasteiger partial charge in [-0.25, -0.2) is 0 Å². The fraction of sp³-hybridized carbons (Fsp3) is 0.190. The molecule has 0 radical (unpaired) electrons. The maximum absolute atomic E-state index is 12.8. The molecule has 10 nitrogen and oxygen atoms in total. The van der Waals surface area contributed by atoms with E-state index in [1.165, 1.54) is 29.2 Å². The van der Waals surface area contributed by atoms with Crippen molar-refractivity contribution >= 4 is 35.0 Å². The van der Waals surface area contributed by atoms with Crippen LogP contribution in [0.4, 0.5) is 5.69 Å². The Balaban J connectivity index is 1.38. The van der Waals surface area contributed by atoms with E-state index >= 15 is 0 Å². The minimum atomic E-state index is -0.473. The number of nitro groups is 1. The van der Waals surface area contributed by atoms with Crippen molar-refractivity contribution in [3.05, 3.63) is 81.7 Å². The monoisotopic (exact) mass is 453 g/mol. The largest absolute Gasteiger partial charge is 0.486 e. The van der Waals surface area contributed by atoms with Crippen molar-refractivity contribution in [3.8, 4) is 5.75 Å². The van der Waals surface area contributed by atoms with Crippen LogP contribution in [0, 0.1) is 10.1 Å². The van der Waals surface area contributed by atoms with Gasteiger partial charge in [0.05, 0.1) is 17.7 Å². The van der Waals surface area contributed by atoms with Crippen molar-refractivity contribution < 1.29 is 18.9 Å². The van der Waals surface area contributed by atoms with E-state index in [0.29, 0.717) is 34.6 Å². The molecule has 1 amide bonds. The molecule has 164 valence electrons. The quantitative estimate of drug-likeness (QED) is 0.239. The van der Waals surface area contributed by atoms with Crippen LogP contribution in [0.1, 0.15) is 24.0 Å². The SMILES string of the molecule is CCn1cc(CN2C(=O)/C(=C\c3ccc(COc4ccc([N+](=O)[O-])cc4)o3)NC2=S)cn1. The van der Waals surface area contributed by atoms with Gasteiger partial charge in [-0.15, -0.1) is 0 Å². The Morgan fingerprint density at radius 3 is 2.75 bits per heavy atom. The number of aromatic nitrogens is 2. The van der Waals surface area contributed by atoms with E-state index in [1.807, 2.05) is 13.1 Å².